The molecule has 0 aromatic carbocycles. The van der Waals surface area contributed by atoms with Gasteiger partial charge in [-0.05, 0) is 35.0 Å². The Morgan fingerprint density at radius 3 is 2.03 bits per heavy atom. The summed E-state index contributed by atoms with van der Waals surface area (Å²) in [7, 11) is 0. The van der Waals surface area contributed by atoms with E-state index in [0.717, 1.165) is 6.26 Å². The lowest BCUT2D eigenvalue weighted by Crippen LogP contribution is -2.17. The number of anilines is 2. The summed E-state index contributed by atoms with van der Waals surface area (Å²) in [5.41, 5.74) is 5.76. The Morgan fingerprint density at radius 2 is 1.56 bits per heavy atom. The number of rotatable bonds is 4. The number of nitrogens with zero attached hydrogens (tertiary/aromatic N) is 4. The molecular formula is C18H13BrF6N6O5. The normalized spacial score (nSPS) is 11.4. The first-order valence-electron chi connectivity index (χ1n) is 9.17. The van der Waals surface area contributed by atoms with Gasteiger partial charge in [0.1, 0.15) is 10.3 Å². The fourth-order valence-corrected chi connectivity index (χ4v) is 2.84. The van der Waals surface area contributed by atoms with Crippen molar-refractivity contribution < 1.29 is 50.2 Å². The summed E-state index contributed by atoms with van der Waals surface area (Å²) < 4.78 is 84.4. The van der Waals surface area contributed by atoms with Crippen LogP contribution in [0.15, 0.2) is 27.4 Å². The van der Waals surface area contributed by atoms with Crippen molar-refractivity contribution in [1.82, 2.24) is 19.9 Å². The number of furan rings is 1. The van der Waals surface area contributed by atoms with Gasteiger partial charge in [0.15, 0.2) is 40.2 Å². The summed E-state index contributed by atoms with van der Waals surface area (Å²) in [5.74, 6) is -4.19. The van der Waals surface area contributed by atoms with Crippen LogP contribution in [0.3, 0.4) is 0 Å². The van der Waals surface area contributed by atoms with E-state index in [-0.39, 0.29) is 12.4 Å². The van der Waals surface area contributed by atoms with Crippen LogP contribution in [0.2, 0.25) is 0 Å². The molecule has 0 spiro atoms. The quantitative estimate of drug-likeness (QED) is 0.296. The molecule has 0 unspecified atom stereocenters. The third-order valence-electron chi connectivity index (χ3n) is 3.77. The molecule has 3 aromatic rings. The number of aromatic nitrogens is 4. The number of esters is 1. The van der Waals surface area contributed by atoms with Crippen molar-refractivity contribution >= 4 is 39.5 Å². The minimum absolute atomic E-state index is 0.0542. The second-order valence-electron chi connectivity index (χ2n) is 6.25. The van der Waals surface area contributed by atoms with Gasteiger partial charge in [0.05, 0.1) is 12.9 Å². The van der Waals surface area contributed by atoms with Crippen molar-refractivity contribution in [2.75, 3.05) is 18.1 Å². The van der Waals surface area contributed by atoms with E-state index in [1.807, 2.05) is 0 Å². The highest BCUT2D eigenvalue weighted by Crippen LogP contribution is 2.36. The lowest BCUT2D eigenvalue weighted by atomic mass is 10.2. The predicted octanol–water partition coefficient (Wildman–Crippen LogP) is 4.05. The molecule has 18 heteroatoms. The number of hydrogen-bond acceptors (Lipinski definition) is 10. The number of carboxylic acid groups (broad SMARTS) is 1. The highest BCUT2D eigenvalue weighted by Gasteiger charge is 2.39. The maximum Gasteiger partial charge on any atom is 0.436 e. The molecule has 3 heterocycles. The highest BCUT2D eigenvalue weighted by molar-refractivity contribution is 9.10. The average Bonchev–Trinajstić information content (AvgIpc) is 3.28. The molecule has 0 fully saturated rings. The van der Waals surface area contributed by atoms with Gasteiger partial charge < -0.3 is 25.7 Å². The number of carboxylic acids is 1. The molecule has 194 valence electrons. The number of ether oxygens (including phenoxy) is 1. The molecule has 0 aliphatic carbocycles. The zero-order valence-corrected chi connectivity index (χ0v) is 19.2. The zero-order valence-electron chi connectivity index (χ0n) is 17.6. The number of nitrogens with two attached hydrogens (primary N) is 2. The lowest BCUT2D eigenvalue weighted by Gasteiger charge is -2.11. The Balaban J connectivity index is 0.000000255. The SMILES string of the molecule is CCOC(=O)c1nc(Br)c(C(F)(F)F)nc1N.Nc1nc(C(F)(F)F)c(-c2ccco2)nc1C(=O)O. The van der Waals surface area contributed by atoms with Crippen molar-refractivity contribution in [2.24, 2.45) is 0 Å². The van der Waals surface area contributed by atoms with Crippen molar-refractivity contribution in [1.29, 1.82) is 0 Å². The number of halogens is 7. The van der Waals surface area contributed by atoms with Gasteiger partial charge in [0, 0.05) is 0 Å². The van der Waals surface area contributed by atoms with Crippen molar-refractivity contribution in [3.05, 3.63) is 45.8 Å². The van der Waals surface area contributed by atoms with Crippen LogP contribution < -0.4 is 11.5 Å². The average molecular weight is 587 g/mol. The minimum atomic E-state index is -4.83. The number of nitrogen functional groups attached to an aromatic ring is 2. The number of hydrogen-bond donors (Lipinski definition) is 3. The van der Waals surface area contributed by atoms with Gasteiger partial charge in [0.2, 0.25) is 0 Å². The minimum Gasteiger partial charge on any atom is -0.476 e. The van der Waals surface area contributed by atoms with Crippen LogP contribution in [-0.2, 0) is 17.1 Å². The number of alkyl halides is 6. The standard InChI is InChI=1S/C10H6F3N3O3.C8H7BrF3N3O2/c11-10(12,13)7-5(4-2-1-3-19-4)15-6(9(17)18)8(14)16-7;1-2-17-7(16)3-6(13)15-4(5(9)14-3)8(10,11)12/h1-3H,(H2,14,16)(H,17,18);2H2,1H3,(H2,13,15). The van der Waals surface area contributed by atoms with Crippen LogP contribution >= 0.6 is 15.9 Å². The number of carbonyl (C=O) groups is 2. The van der Waals surface area contributed by atoms with E-state index < -0.39 is 69.0 Å². The molecule has 0 bridgehead atoms. The van der Waals surface area contributed by atoms with Gasteiger partial charge in [-0.2, -0.15) is 26.3 Å². The summed E-state index contributed by atoms with van der Waals surface area (Å²) in [6, 6.07) is 2.55. The molecule has 0 saturated carbocycles. The highest BCUT2D eigenvalue weighted by atomic mass is 79.9. The van der Waals surface area contributed by atoms with E-state index in [9.17, 15) is 35.9 Å². The van der Waals surface area contributed by atoms with Crippen LogP contribution in [-0.4, -0.2) is 43.6 Å². The van der Waals surface area contributed by atoms with Crippen LogP contribution in [0, 0.1) is 0 Å². The van der Waals surface area contributed by atoms with Crippen molar-refractivity contribution in [2.45, 2.75) is 19.3 Å². The summed E-state index contributed by atoms with van der Waals surface area (Å²) in [5, 5.41) is 8.79. The summed E-state index contributed by atoms with van der Waals surface area (Å²) in [6.07, 6.45) is -8.40. The molecule has 3 aromatic heterocycles. The third kappa shape index (κ3) is 6.58. The van der Waals surface area contributed by atoms with Gasteiger partial charge in [-0.3, -0.25) is 0 Å². The molecular weight excluding hydrogens is 574 g/mol. The van der Waals surface area contributed by atoms with E-state index in [4.69, 9.17) is 21.0 Å². The molecule has 0 amide bonds. The topological polar surface area (TPSA) is 180 Å². The summed E-state index contributed by atoms with van der Waals surface area (Å²) >= 11 is 2.58. The van der Waals surface area contributed by atoms with E-state index in [1.54, 1.807) is 6.92 Å². The van der Waals surface area contributed by atoms with Gasteiger partial charge >= 0.3 is 24.3 Å². The van der Waals surface area contributed by atoms with E-state index in [0.29, 0.717) is 0 Å². The monoisotopic (exact) mass is 586 g/mol. The summed E-state index contributed by atoms with van der Waals surface area (Å²) in [6.45, 7) is 1.60. The Bertz CT molecular complexity index is 1270. The van der Waals surface area contributed by atoms with Gasteiger partial charge in [-0.15, -0.1) is 0 Å². The molecule has 36 heavy (non-hydrogen) atoms. The van der Waals surface area contributed by atoms with Crippen molar-refractivity contribution in [3.63, 3.8) is 0 Å². The first kappa shape index (κ1) is 28.3. The molecule has 5 N–H and O–H groups in total. The van der Waals surface area contributed by atoms with Crippen LogP contribution in [0.1, 0.15) is 39.3 Å². The Morgan fingerprint density at radius 1 is 1.00 bits per heavy atom. The molecule has 0 saturated heterocycles. The van der Waals surface area contributed by atoms with Gasteiger partial charge in [0.25, 0.3) is 0 Å². The molecule has 3 rings (SSSR count). The van der Waals surface area contributed by atoms with E-state index in [2.05, 4.69) is 40.6 Å². The Kier molecular flexibility index (Phi) is 8.45. The second-order valence-corrected chi connectivity index (χ2v) is 7.00. The van der Waals surface area contributed by atoms with Crippen molar-refractivity contribution in [3.8, 4) is 11.5 Å². The maximum atomic E-state index is 12.8. The fourth-order valence-electron chi connectivity index (χ4n) is 2.35. The first-order valence-corrected chi connectivity index (χ1v) is 9.96. The van der Waals surface area contributed by atoms with Gasteiger partial charge in [-0.25, -0.2) is 29.5 Å². The predicted molar refractivity (Wildman–Crippen MR) is 111 cm³/mol. The molecule has 11 nitrogen and oxygen atoms in total. The number of aromatic carboxylic acids is 1. The number of carbonyl (C=O) groups excluding carboxylic acids is 1. The Hall–Kier alpha value is -3.96. The smallest absolute Gasteiger partial charge is 0.436 e. The molecule has 0 aliphatic rings. The molecule has 0 atom stereocenters. The van der Waals surface area contributed by atoms with E-state index in [1.165, 1.54) is 12.1 Å². The van der Waals surface area contributed by atoms with E-state index >= 15 is 0 Å². The van der Waals surface area contributed by atoms with Crippen LogP contribution in [0.4, 0.5) is 38.0 Å². The largest absolute Gasteiger partial charge is 0.476 e. The third-order valence-corrected chi connectivity index (χ3v) is 4.32. The maximum absolute atomic E-state index is 12.8. The molecule has 0 radical (unpaired) electrons. The second kappa shape index (κ2) is 10.8. The zero-order chi connectivity index (χ0) is 27.4. The first-order chi connectivity index (χ1) is 16.6. The van der Waals surface area contributed by atoms with Gasteiger partial charge in [-0.1, -0.05) is 0 Å². The van der Waals surface area contributed by atoms with Crippen LogP contribution in [0.5, 0.6) is 0 Å². The Labute approximate surface area is 204 Å². The molecule has 0 aliphatic heterocycles. The lowest BCUT2D eigenvalue weighted by molar-refractivity contribution is -0.142. The fraction of sp³-hybridized carbons (Fsp3) is 0.222. The summed E-state index contributed by atoms with van der Waals surface area (Å²) in [4.78, 5) is 35.0. The van der Waals surface area contributed by atoms with Crippen LogP contribution in [0.25, 0.3) is 11.5 Å².